The molecule has 1 rings (SSSR count). The highest BCUT2D eigenvalue weighted by Crippen LogP contribution is 2.11. The lowest BCUT2D eigenvalue weighted by atomic mass is 10.1. The second kappa shape index (κ2) is 4.46. The molecule has 0 aliphatic heterocycles. The number of rotatable bonds is 3. The van der Waals surface area contributed by atoms with E-state index in [1.54, 1.807) is 6.07 Å². The molecule has 0 aliphatic rings. The Morgan fingerprint density at radius 2 is 2.17 bits per heavy atom. The fourth-order valence-electron chi connectivity index (χ4n) is 1.12. The molecule has 1 aromatic rings. The third kappa shape index (κ3) is 2.21. The molecule has 0 bridgehead atoms. The molecule has 0 saturated heterocycles. The van der Waals surface area contributed by atoms with Crippen LogP contribution < -0.4 is 0 Å². The first-order valence-electron chi connectivity index (χ1n) is 4.11. The van der Waals surface area contributed by atoms with Gasteiger partial charge in [-0.2, -0.15) is 0 Å². The van der Waals surface area contributed by atoms with E-state index in [1.165, 1.54) is 0 Å². The Morgan fingerprint density at radius 1 is 1.42 bits per heavy atom. The molecule has 0 saturated carbocycles. The van der Waals surface area contributed by atoms with Crippen molar-refractivity contribution in [3.05, 3.63) is 35.1 Å². The molecular weight excluding hydrogens is 175 g/mol. The van der Waals surface area contributed by atoms with Crippen LogP contribution in [0.15, 0.2) is 18.2 Å². The Labute approximate surface area is 77.4 Å². The number of halogens is 2. The van der Waals surface area contributed by atoms with E-state index < -0.39 is 0 Å². The maximum absolute atomic E-state index is 13.2. The average molecular weight is 187 g/mol. The number of benzene rings is 1. The summed E-state index contributed by atoms with van der Waals surface area (Å²) in [6.45, 7) is 2.01. The van der Waals surface area contributed by atoms with Crippen molar-refractivity contribution in [2.75, 3.05) is 5.88 Å². The van der Waals surface area contributed by atoms with Crippen molar-refractivity contribution in [3.8, 4) is 0 Å². The lowest BCUT2D eigenvalue weighted by Crippen LogP contribution is -1.93. The van der Waals surface area contributed by atoms with Crippen LogP contribution in [-0.4, -0.2) is 5.88 Å². The van der Waals surface area contributed by atoms with Gasteiger partial charge in [-0.15, -0.1) is 11.6 Å². The number of aryl methyl sites for hydroxylation is 2. The van der Waals surface area contributed by atoms with Gasteiger partial charge in [0.15, 0.2) is 0 Å². The monoisotopic (exact) mass is 186 g/mol. The molecule has 0 nitrogen and oxygen atoms in total. The van der Waals surface area contributed by atoms with E-state index in [9.17, 15) is 4.39 Å². The minimum atomic E-state index is -0.130. The second-order valence-electron chi connectivity index (χ2n) is 2.72. The summed E-state index contributed by atoms with van der Waals surface area (Å²) in [4.78, 5) is 0. The zero-order chi connectivity index (χ0) is 8.97. The van der Waals surface area contributed by atoms with Gasteiger partial charge in [-0.1, -0.05) is 19.1 Å². The van der Waals surface area contributed by atoms with Crippen molar-refractivity contribution >= 4 is 11.6 Å². The van der Waals surface area contributed by atoms with Crippen LogP contribution in [0.5, 0.6) is 0 Å². The van der Waals surface area contributed by atoms with E-state index in [0.29, 0.717) is 17.9 Å². The van der Waals surface area contributed by atoms with Crippen LogP contribution in [0.25, 0.3) is 0 Å². The lowest BCUT2D eigenvalue weighted by molar-refractivity contribution is 0.610. The maximum atomic E-state index is 13.2. The largest absolute Gasteiger partial charge is 0.207 e. The SMILES string of the molecule is CCc1ccc(CCCl)c(F)c1. The zero-order valence-electron chi connectivity index (χ0n) is 7.11. The fourth-order valence-corrected chi connectivity index (χ4v) is 1.32. The fraction of sp³-hybridized carbons (Fsp3) is 0.400. The zero-order valence-corrected chi connectivity index (χ0v) is 7.87. The Kier molecular flexibility index (Phi) is 3.54. The first kappa shape index (κ1) is 9.53. The lowest BCUT2D eigenvalue weighted by Gasteiger charge is -2.02. The van der Waals surface area contributed by atoms with Crippen LogP contribution in [0.4, 0.5) is 4.39 Å². The first-order chi connectivity index (χ1) is 5.77. The number of alkyl halides is 1. The van der Waals surface area contributed by atoms with Gasteiger partial charge in [0.25, 0.3) is 0 Å². The van der Waals surface area contributed by atoms with Crippen LogP contribution in [0, 0.1) is 5.82 Å². The molecule has 0 atom stereocenters. The van der Waals surface area contributed by atoms with Crippen molar-refractivity contribution in [3.63, 3.8) is 0 Å². The molecule has 0 aliphatic carbocycles. The minimum Gasteiger partial charge on any atom is -0.207 e. The van der Waals surface area contributed by atoms with Crippen molar-refractivity contribution < 1.29 is 4.39 Å². The molecule has 12 heavy (non-hydrogen) atoms. The Morgan fingerprint density at radius 3 is 2.67 bits per heavy atom. The molecule has 1 aromatic carbocycles. The van der Waals surface area contributed by atoms with Gasteiger partial charge in [-0.05, 0) is 30.0 Å². The van der Waals surface area contributed by atoms with E-state index in [0.717, 1.165) is 12.0 Å². The Hall–Kier alpha value is -0.560. The predicted molar refractivity (Wildman–Crippen MR) is 50.2 cm³/mol. The molecule has 0 N–H and O–H groups in total. The van der Waals surface area contributed by atoms with Crippen molar-refractivity contribution in [2.24, 2.45) is 0 Å². The van der Waals surface area contributed by atoms with E-state index in [1.807, 2.05) is 19.1 Å². The quantitative estimate of drug-likeness (QED) is 0.637. The predicted octanol–water partition coefficient (Wildman–Crippen LogP) is 3.17. The summed E-state index contributed by atoms with van der Waals surface area (Å²) in [6, 6.07) is 5.35. The summed E-state index contributed by atoms with van der Waals surface area (Å²) in [6.07, 6.45) is 1.48. The van der Waals surface area contributed by atoms with Gasteiger partial charge in [-0.25, -0.2) is 4.39 Å². The van der Waals surface area contributed by atoms with Crippen molar-refractivity contribution in [2.45, 2.75) is 19.8 Å². The summed E-state index contributed by atoms with van der Waals surface area (Å²) in [5.74, 6) is 0.345. The van der Waals surface area contributed by atoms with Crippen LogP contribution in [0.1, 0.15) is 18.1 Å². The second-order valence-corrected chi connectivity index (χ2v) is 3.10. The van der Waals surface area contributed by atoms with E-state index >= 15 is 0 Å². The molecule has 0 spiro atoms. The van der Waals surface area contributed by atoms with E-state index in [4.69, 9.17) is 11.6 Å². The van der Waals surface area contributed by atoms with Gasteiger partial charge in [0.1, 0.15) is 5.82 Å². The van der Waals surface area contributed by atoms with Crippen LogP contribution in [-0.2, 0) is 12.8 Å². The van der Waals surface area contributed by atoms with Gasteiger partial charge < -0.3 is 0 Å². The first-order valence-corrected chi connectivity index (χ1v) is 4.64. The molecule has 0 amide bonds. The maximum Gasteiger partial charge on any atom is 0.126 e. The van der Waals surface area contributed by atoms with E-state index in [-0.39, 0.29) is 5.82 Å². The number of hydrogen-bond donors (Lipinski definition) is 0. The molecule has 0 unspecified atom stereocenters. The van der Waals surface area contributed by atoms with Crippen molar-refractivity contribution in [1.29, 1.82) is 0 Å². The molecule has 0 fully saturated rings. The van der Waals surface area contributed by atoms with Crippen LogP contribution in [0.3, 0.4) is 0 Å². The van der Waals surface area contributed by atoms with E-state index in [2.05, 4.69) is 0 Å². The Bertz CT molecular complexity index is 258. The van der Waals surface area contributed by atoms with Gasteiger partial charge >= 0.3 is 0 Å². The highest BCUT2D eigenvalue weighted by atomic mass is 35.5. The third-order valence-electron chi connectivity index (χ3n) is 1.89. The topological polar surface area (TPSA) is 0 Å². The molecule has 0 aromatic heterocycles. The summed E-state index contributed by atoms with van der Waals surface area (Å²) in [7, 11) is 0. The van der Waals surface area contributed by atoms with Gasteiger partial charge in [-0.3, -0.25) is 0 Å². The standard InChI is InChI=1S/C10H12ClF/c1-2-8-3-4-9(5-6-11)10(12)7-8/h3-4,7H,2,5-6H2,1H3. The van der Waals surface area contributed by atoms with Crippen molar-refractivity contribution in [1.82, 2.24) is 0 Å². The smallest absolute Gasteiger partial charge is 0.126 e. The van der Waals surface area contributed by atoms with Gasteiger partial charge in [0.05, 0.1) is 0 Å². The molecular formula is C10H12ClF. The average Bonchev–Trinajstić information content (AvgIpc) is 2.09. The highest BCUT2D eigenvalue weighted by molar-refractivity contribution is 6.17. The summed E-state index contributed by atoms with van der Waals surface area (Å²) in [5.41, 5.74) is 1.74. The van der Waals surface area contributed by atoms with Gasteiger partial charge in [0.2, 0.25) is 0 Å². The summed E-state index contributed by atoms with van der Waals surface area (Å²) in [5, 5.41) is 0. The number of hydrogen-bond acceptors (Lipinski definition) is 0. The van der Waals surface area contributed by atoms with Crippen LogP contribution in [0.2, 0.25) is 0 Å². The Balaban J connectivity index is 2.87. The molecule has 2 heteroatoms. The molecule has 66 valence electrons. The molecule has 0 heterocycles. The van der Waals surface area contributed by atoms with Gasteiger partial charge in [0, 0.05) is 5.88 Å². The minimum absolute atomic E-state index is 0.130. The summed E-state index contributed by atoms with van der Waals surface area (Å²) < 4.78 is 13.2. The molecule has 0 radical (unpaired) electrons. The normalized spacial score (nSPS) is 10.2. The van der Waals surface area contributed by atoms with Crippen LogP contribution >= 0.6 is 11.6 Å². The summed E-state index contributed by atoms with van der Waals surface area (Å²) >= 11 is 5.52. The third-order valence-corrected chi connectivity index (χ3v) is 2.08. The highest BCUT2D eigenvalue weighted by Gasteiger charge is 2.01.